The molecule has 0 aromatic rings. The summed E-state index contributed by atoms with van der Waals surface area (Å²) in [5.41, 5.74) is 0. The lowest BCUT2D eigenvalue weighted by Gasteiger charge is -2.01. The maximum atomic E-state index is 10.6. The molecule has 1 aliphatic rings. The van der Waals surface area contributed by atoms with Crippen LogP contribution in [0.2, 0.25) is 0 Å². The molecule has 3 nitrogen and oxygen atoms in total. The summed E-state index contributed by atoms with van der Waals surface area (Å²) in [5, 5.41) is 12.2. The molecule has 0 spiro atoms. The Hall–Kier alpha value is -0.770. The van der Waals surface area contributed by atoms with E-state index in [0.29, 0.717) is 0 Å². The molecule has 0 saturated heterocycles. The zero-order chi connectivity index (χ0) is 6.85. The van der Waals surface area contributed by atoms with Crippen molar-refractivity contribution < 1.29 is 9.90 Å². The van der Waals surface area contributed by atoms with Gasteiger partial charge in [0.2, 0.25) is 5.78 Å². The SMILES string of the molecule is O=C1C(O)=C[N]C=C1Br. The van der Waals surface area contributed by atoms with Crippen molar-refractivity contribution in [2.75, 3.05) is 0 Å². The summed E-state index contributed by atoms with van der Waals surface area (Å²) >= 11 is 2.91. The second kappa shape index (κ2) is 2.23. The second-order valence-electron chi connectivity index (χ2n) is 1.47. The van der Waals surface area contributed by atoms with E-state index in [2.05, 4.69) is 21.2 Å². The molecule has 0 saturated carbocycles. The molecule has 9 heavy (non-hydrogen) atoms. The van der Waals surface area contributed by atoms with Crippen LogP contribution >= 0.6 is 15.9 Å². The summed E-state index contributed by atoms with van der Waals surface area (Å²) in [7, 11) is 0. The Kier molecular flexibility index (Phi) is 1.57. The normalized spacial score (nSPS) is 18.1. The molecule has 0 atom stereocenters. The fourth-order valence-corrected chi connectivity index (χ4v) is 0.734. The number of carbonyl (C=O) groups is 1. The van der Waals surface area contributed by atoms with Crippen LogP contribution in [0.5, 0.6) is 0 Å². The van der Waals surface area contributed by atoms with Crippen molar-refractivity contribution in [3.8, 4) is 0 Å². The van der Waals surface area contributed by atoms with Crippen LogP contribution in [0, 0.1) is 0 Å². The smallest absolute Gasteiger partial charge is 0.237 e. The molecule has 1 aliphatic heterocycles. The number of aliphatic hydroxyl groups excluding tert-OH is 1. The van der Waals surface area contributed by atoms with Gasteiger partial charge in [-0.1, -0.05) is 0 Å². The maximum Gasteiger partial charge on any atom is 0.237 e. The van der Waals surface area contributed by atoms with E-state index in [-0.39, 0.29) is 10.2 Å². The van der Waals surface area contributed by atoms with Gasteiger partial charge in [0.05, 0.1) is 10.7 Å². The average molecular weight is 189 g/mol. The molecule has 0 aromatic heterocycles. The predicted octanol–water partition coefficient (Wildman–Crippen LogP) is 0.809. The van der Waals surface area contributed by atoms with Gasteiger partial charge in [0.25, 0.3) is 0 Å². The van der Waals surface area contributed by atoms with Crippen molar-refractivity contribution in [3.63, 3.8) is 0 Å². The number of ketones is 1. The Balaban J connectivity index is 2.86. The Morgan fingerprint density at radius 3 is 2.67 bits per heavy atom. The molecule has 47 valence electrons. The molecule has 0 amide bonds. The van der Waals surface area contributed by atoms with Gasteiger partial charge in [0.15, 0.2) is 5.76 Å². The standard InChI is InChI=1S/C5H3BrNO2/c6-3-1-7-2-4(8)5(3)9/h1-2,8H. The number of Topliss-reactive ketones (excluding diaryl/α,β-unsaturated/α-hetero) is 1. The van der Waals surface area contributed by atoms with Gasteiger partial charge in [-0.3, -0.25) is 10.1 Å². The third kappa shape index (κ3) is 1.13. The molecule has 1 radical (unpaired) electrons. The summed E-state index contributed by atoms with van der Waals surface area (Å²) in [6, 6.07) is 0. The van der Waals surface area contributed by atoms with E-state index < -0.39 is 5.78 Å². The Morgan fingerprint density at radius 2 is 2.22 bits per heavy atom. The van der Waals surface area contributed by atoms with Crippen LogP contribution in [0.1, 0.15) is 0 Å². The summed E-state index contributed by atoms with van der Waals surface area (Å²) in [6.45, 7) is 0. The third-order valence-electron chi connectivity index (χ3n) is 0.834. The average Bonchev–Trinajstić information content (AvgIpc) is 1.83. The number of halogens is 1. The van der Waals surface area contributed by atoms with Crippen LogP contribution in [-0.2, 0) is 4.79 Å². The first-order chi connectivity index (χ1) is 4.22. The third-order valence-corrected chi connectivity index (χ3v) is 1.40. The fourth-order valence-electron chi connectivity index (χ4n) is 0.413. The molecule has 4 heteroatoms. The Morgan fingerprint density at radius 1 is 1.56 bits per heavy atom. The second-order valence-corrected chi connectivity index (χ2v) is 2.32. The summed E-state index contributed by atoms with van der Waals surface area (Å²) in [6.07, 6.45) is 2.44. The van der Waals surface area contributed by atoms with Gasteiger partial charge in [-0.15, -0.1) is 0 Å². The predicted molar refractivity (Wildman–Crippen MR) is 34.9 cm³/mol. The number of carbonyl (C=O) groups excluding carboxylic acids is 1. The number of nitrogens with zero attached hydrogens (tertiary/aromatic N) is 1. The topological polar surface area (TPSA) is 51.4 Å². The van der Waals surface area contributed by atoms with Crippen LogP contribution in [0.25, 0.3) is 0 Å². The van der Waals surface area contributed by atoms with E-state index >= 15 is 0 Å². The first-order valence-electron chi connectivity index (χ1n) is 2.21. The number of allylic oxidation sites excluding steroid dienone is 1. The number of hydrogen-bond acceptors (Lipinski definition) is 2. The van der Waals surface area contributed by atoms with E-state index in [4.69, 9.17) is 5.11 Å². The molecule has 0 aromatic carbocycles. The van der Waals surface area contributed by atoms with E-state index in [0.717, 1.165) is 6.20 Å². The van der Waals surface area contributed by atoms with E-state index in [1.807, 2.05) is 0 Å². The van der Waals surface area contributed by atoms with Crippen LogP contribution in [-0.4, -0.2) is 10.9 Å². The zero-order valence-corrected chi connectivity index (χ0v) is 5.92. The number of rotatable bonds is 0. The van der Waals surface area contributed by atoms with Crippen molar-refractivity contribution in [1.82, 2.24) is 5.32 Å². The number of hydrogen-bond donors (Lipinski definition) is 1. The van der Waals surface area contributed by atoms with E-state index in [9.17, 15) is 4.79 Å². The Labute approximate surface area is 60.2 Å². The first-order valence-corrected chi connectivity index (χ1v) is 3.00. The van der Waals surface area contributed by atoms with E-state index in [1.54, 1.807) is 0 Å². The minimum Gasteiger partial charge on any atom is -0.503 e. The van der Waals surface area contributed by atoms with Crippen molar-refractivity contribution >= 4 is 21.7 Å². The lowest BCUT2D eigenvalue weighted by Crippen LogP contribution is -2.09. The van der Waals surface area contributed by atoms with Crippen LogP contribution in [0.15, 0.2) is 22.6 Å². The summed E-state index contributed by atoms with van der Waals surface area (Å²) in [5.74, 6) is -0.755. The lowest BCUT2D eigenvalue weighted by atomic mass is 10.3. The van der Waals surface area contributed by atoms with Gasteiger partial charge >= 0.3 is 0 Å². The van der Waals surface area contributed by atoms with Gasteiger partial charge in [-0.2, -0.15) is 0 Å². The maximum absolute atomic E-state index is 10.6. The highest BCUT2D eigenvalue weighted by Crippen LogP contribution is 2.13. The van der Waals surface area contributed by atoms with Crippen LogP contribution in [0.3, 0.4) is 0 Å². The lowest BCUT2D eigenvalue weighted by molar-refractivity contribution is -0.114. The fraction of sp³-hybridized carbons (Fsp3) is 0. The minimum absolute atomic E-state index is 0.280. The van der Waals surface area contributed by atoms with Gasteiger partial charge in [0.1, 0.15) is 0 Å². The minimum atomic E-state index is -0.426. The van der Waals surface area contributed by atoms with Crippen LogP contribution in [0.4, 0.5) is 0 Å². The molecule has 0 unspecified atom stereocenters. The highest BCUT2D eigenvalue weighted by Gasteiger charge is 2.14. The molecule has 0 aliphatic carbocycles. The largest absolute Gasteiger partial charge is 0.503 e. The molecule has 1 rings (SSSR count). The highest BCUT2D eigenvalue weighted by atomic mass is 79.9. The van der Waals surface area contributed by atoms with Crippen LogP contribution < -0.4 is 5.32 Å². The quantitative estimate of drug-likeness (QED) is 0.612. The molecule has 1 heterocycles. The molecule has 0 bridgehead atoms. The van der Waals surface area contributed by atoms with Gasteiger partial charge in [0, 0.05) is 6.20 Å². The van der Waals surface area contributed by atoms with Crippen molar-refractivity contribution in [2.24, 2.45) is 0 Å². The Bertz CT molecular complexity index is 187. The van der Waals surface area contributed by atoms with E-state index in [1.165, 1.54) is 6.20 Å². The molecular weight excluding hydrogens is 186 g/mol. The van der Waals surface area contributed by atoms with Crippen molar-refractivity contribution in [1.29, 1.82) is 0 Å². The van der Waals surface area contributed by atoms with Crippen molar-refractivity contribution in [3.05, 3.63) is 22.6 Å². The summed E-state index contributed by atoms with van der Waals surface area (Å²) < 4.78 is 0.280. The highest BCUT2D eigenvalue weighted by molar-refractivity contribution is 9.12. The monoisotopic (exact) mass is 188 g/mol. The molecule has 0 fully saturated rings. The van der Waals surface area contributed by atoms with Crippen molar-refractivity contribution in [2.45, 2.75) is 0 Å². The van der Waals surface area contributed by atoms with Gasteiger partial charge < -0.3 is 5.11 Å². The number of aliphatic hydroxyl groups is 1. The summed E-state index contributed by atoms with van der Waals surface area (Å²) in [4.78, 5) is 10.6. The van der Waals surface area contributed by atoms with Gasteiger partial charge in [-0.25, -0.2) is 0 Å². The molecular formula is C5H3BrNO2. The van der Waals surface area contributed by atoms with Gasteiger partial charge in [-0.05, 0) is 15.9 Å². The first kappa shape index (κ1) is 6.35. The molecule has 1 N–H and O–H groups in total. The zero-order valence-electron chi connectivity index (χ0n) is 4.34.